The molecule has 0 aliphatic carbocycles. The number of Topliss-reactive ketones (excluding diaryl/α,β-unsaturated/α-hetero) is 1. The van der Waals surface area contributed by atoms with Crippen LogP contribution in [0, 0.1) is 11.8 Å². The van der Waals surface area contributed by atoms with E-state index in [1.807, 2.05) is 4.90 Å². The van der Waals surface area contributed by atoms with Gasteiger partial charge in [-0.1, -0.05) is 5.92 Å². The summed E-state index contributed by atoms with van der Waals surface area (Å²) in [6.45, 7) is 2.38. The van der Waals surface area contributed by atoms with Crippen LogP contribution < -0.4 is 26.6 Å². The smallest absolute Gasteiger partial charge is 0.406 e. The lowest BCUT2D eigenvalue weighted by atomic mass is 10.1. The number of nitrogens with zero attached hydrogens (tertiary/aromatic N) is 5. The van der Waals surface area contributed by atoms with Crippen molar-refractivity contribution in [1.29, 1.82) is 0 Å². The van der Waals surface area contributed by atoms with Crippen molar-refractivity contribution in [3.8, 4) is 17.6 Å². The lowest BCUT2D eigenvalue weighted by Crippen LogP contribution is -2.44. The number of aromatic nitrogens is 4. The summed E-state index contributed by atoms with van der Waals surface area (Å²) < 4.78 is 44.6. The summed E-state index contributed by atoms with van der Waals surface area (Å²) in [6, 6.07) is 4.18. The van der Waals surface area contributed by atoms with Gasteiger partial charge in [0.1, 0.15) is 5.75 Å². The molecule has 196 valence electrons. The fraction of sp³-hybridized carbons (Fsp3) is 0.417. The van der Waals surface area contributed by atoms with Crippen LogP contribution in [0.15, 0.2) is 33.9 Å². The first kappa shape index (κ1) is 26.0. The summed E-state index contributed by atoms with van der Waals surface area (Å²) in [5.74, 6) is 5.04. The minimum Gasteiger partial charge on any atom is -0.406 e. The molecular formula is C24H25F3N6O4. The normalized spacial score (nSPS) is 15.9. The number of imidazole rings is 1. The van der Waals surface area contributed by atoms with Gasteiger partial charge in [0.05, 0.1) is 13.1 Å². The number of carbonyl (C=O) groups is 1. The summed E-state index contributed by atoms with van der Waals surface area (Å²) in [4.78, 5) is 46.0. The van der Waals surface area contributed by atoms with E-state index in [9.17, 15) is 27.6 Å². The van der Waals surface area contributed by atoms with E-state index in [1.54, 1.807) is 11.5 Å². The summed E-state index contributed by atoms with van der Waals surface area (Å²) >= 11 is 0. The Balaban J connectivity index is 1.75. The van der Waals surface area contributed by atoms with E-state index in [0.29, 0.717) is 19.0 Å². The van der Waals surface area contributed by atoms with Crippen molar-refractivity contribution in [2.24, 2.45) is 12.8 Å². The van der Waals surface area contributed by atoms with Crippen molar-refractivity contribution >= 4 is 22.9 Å². The van der Waals surface area contributed by atoms with Crippen molar-refractivity contribution in [1.82, 2.24) is 18.7 Å². The van der Waals surface area contributed by atoms with Gasteiger partial charge in [-0.15, -0.1) is 19.1 Å². The monoisotopic (exact) mass is 518 g/mol. The maximum Gasteiger partial charge on any atom is 0.573 e. The zero-order chi connectivity index (χ0) is 26.9. The lowest BCUT2D eigenvalue weighted by molar-refractivity contribution is -0.274. The van der Waals surface area contributed by atoms with Crippen LogP contribution in [0.25, 0.3) is 11.2 Å². The second-order valence-electron chi connectivity index (χ2n) is 8.67. The Bertz CT molecular complexity index is 1510. The molecule has 1 atom stereocenters. The van der Waals surface area contributed by atoms with E-state index in [-0.39, 0.29) is 29.3 Å². The first-order valence-electron chi connectivity index (χ1n) is 11.5. The quantitative estimate of drug-likeness (QED) is 0.389. The molecule has 0 amide bonds. The van der Waals surface area contributed by atoms with Gasteiger partial charge in [-0.3, -0.25) is 23.3 Å². The van der Waals surface area contributed by atoms with Gasteiger partial charge in [0, 0.05) is 31.7 Å². The fourth-order valence-electron chi connectivity index (χ4n) is 4.32. The highest BCUT2D eigenvalue weighted by Crippen LogP contribution is 2.24. The highest BCUT2D eigenvalue weighted by molar-refractivity contribution is 5.96. The molecule has 0 bridgehead atoms. The summed E-state index contributed by atoms with van der Waals surface area (Å²) in [5.41, 5.74) is 4.94. The minimum absolute atomic E-state index is 0.0110. The van der Waals surface area contributed by atoms with Gasteiger partial charge < -0.3 is 15.4 Å². The van der Waals surface area contributed by atoms with Gasteiger partial charge in [-0.25, -0.2) is 4.79 Å². The van der Waals surface area contributed by atoms with Crippen LogP contribution in [0.5, 0.6) is 5.75 Å². The molecule has 1 saturated heterocycles. The Kier molecular flexibility index (Phi) is 7.13. The number of hydrogen-bond donors (Lipinski definition) is 1. The number of hydrogen-bond acceptors (Lipinski definition) is 7. The maximum atomic E-state index is 13.5. The first-order valence-corrected chi connectivity index (χ1v) is 11.5. The fourth-order valence-corrected chi connectivity index (χ4v) is 4.32. The Morgan fingerprint density at radius 3 is 2.54 bits per heavy atom. The molecule has 10 nitrogen and oxygen atoms in total. The van der Waals surface area contributed by atoms with Gasteiger partial charge in [0.15, 0.2) is 16.9 Å². The van der Waals surface area contributed by atoms with Crippen molar-refractivity contribution in [3.63, 3.8) is 0 Å². The number of rotatable bonds is 6. The van der Waals surface area contributed by atoms with Crippen LogP contribution in [-0.4, -0.2) is 50.0 Å². The number of alkyl halides is 3. The highest BCUT2D eigenvalue weighted by Gasteiger charge is 2.31. The summed E-state index contributed by atoms with van der Waals surface area (Å²) in [5, 5.41) is 0. The molecule has 13 heteroatoms. The standard InChI is InChI=1S/C24H25F3N6O4/c1-3-4-12-32-19-20(29-22(32)31-11-5-6-16(28)13-31)30(2)23(36)33(21(19)35)14-18(34)15-7-9-17(10-8-15)37-24(25,26)27/h7-10,16H,5-6,11-14,28H2,1-2H3/t16-/m1/s1. The topological polar surface area (TPSA) is 117 Å². The SMILES string of the molecule is CC#CCn1c(N2CCC[C@@H](N)C2)nc2c1c(=O)n(CC(=O)c1ccc(OC(F)(F)F)cc1)c(=O)n2C. The zero-order valence-corrected chi connectivity index (χ0v) is 20.2. The van der Waals surface area contributed by atoms with Gasteiger partial charge in [0.2, 0.25) is 5.95 Å². The molecule has 1 fully saturated rings. The number of piperidine rings is 1. The van der Waals surface area contributed by atoms with Gasteiger partial charge in [-0.05, 0) is 44.0 Å². The van der Waals surface area contributed by atoms with Crippen LogP contribution in [0.4, 0.5) is 19.1 Å². The third-order valence-electron chi connectivity index (χ3n) is 6.08. The number of anilines is 1. The minimum atomic E-state index is -4.87. The Hall–Kier alpha value is -4.05. The number of nitrogens with two attached hydrogens (primary N) is 1. The number of benzene rings is 1. The molecule has 1 aromatic carbocycles. The molecular weight excluding hydrogens is 493 g/mol. The largest absolute Gasteiger partial charge is 0.573 e. The van der Waals surface area contributed by atoms with E-state index in [4.69, 9.17) is 5.73 Å². The molecule has 3 aromatic rings. The van der Waals surface area contributed by atoms with Crippen LogP contribution in [-0.2, 0) is 20.1 Å². The molecule has 0 saturated carbocycles. The molecule has 37 heavy (non-hydrogen) atoms. The second kappa shape index (κ2) is 10.1. The maximum absolute atomic E-state index is 13.5. The van der Waals surface area contributed by atoms with Crippen molar-refractivity contribution in [2.75, 3.05) is 18.0 Å². The number of halogens is 3. The average Bonchev–Trinajstić information content (AvgIpc) is 3.23. The number of ether oxygens (including phenoxy) is 1. The summed E-state index contributed by atoms with van der Waals surface area (Å²) in [6.07, 6.45) is -3.17. The van der Waals surface area contributed by atoms with Gasteiger partial charge >= 0.3 is 12.1 Å². The Morgan fingerprint density at radius 1 is 1.22 bits per heavy atom. The molecule has 1 aliphatic heterocycles. The van der Waals surface area contributed by atoms with Gasteiger partial charge in [0.25, 0.3) is 5.56 Å². The molecule has 0 spiro atoms. The van der Waals surface area contributed by atoms with Crippen LogP contribution in [0.2, 0.25) is 0 Å². The predicted molar refractivity (Wildman–Crippen MR) is 130 cm³/mol. The van der Waals surface area contributed by atoms with Crippen LogP contribution >= 0.6 is 0 Å². The van der Waals surface area contributed by atoms with E-state index in [0.717, 1.165) is 41.7 Å². The van der Waals surface area contributed by atoms with E-state index >= 15 is 0 Å². The van der Waals surface area contributed by atoms with E-state index in [1.165, 1.54) is 11.6 Å². The van der Waals surface area contributed by atoms with Crippen LogP contribution in [0.3, 0.4) is 0 Å². The molecule has 0 radical (unpaired) electrons. The third kappa shape index (κ3) is 5.39. The molecule has 4 rings (SSSR count). The molecule has 1 aliphatic rings. The molecule has 0 unspecified atom stereocenters. The second-order valence-corrected chi connectivity index (χ2v) is 8.67. The number of ketones is 1. The van der Waals surface area contributed by atoms with Crippen LogP contribution in [0.1, 0.15) is 30.1 Å². The summed E-state index contributed by atoms with van der Waals surface area (Å²) in [7, 11) is 1.45. The number of fused-ring (bicyclic) bond motifs is 1. The van der Waals surface area contributed by atoms with Crippen molar-refractivity contribution in [2.45, 2.75) is 45.3 Å². The highest BCUT2D eigenvalue weighted by atomic mass is 19.4. The number of aryl methyl sites for hydroxylation is 1. The van der Waals surface area contributed by atoms with Crippen molar-refractivity contribution < 1.29 is 22.7 Å². The van der Waals surface area contributed by atoms with Gasteiger partial charge in [-0.2, -0.15) is 4.98 Å². The Labute approximate surface area is 209 Å². The predicted octanol–water partition coefficient (Wildman–Crippen LogP) is 1.63. The van der Waals surface area contributed by atoms with E-state index < -0.39 is 35.7 Å². The number of carbonyl (C=O) groups excluding carboxylic acids is 1. The molecule has 2 N–H and O–H groups in total. The molecule has 3 heterocycles. The average molecular weight is 518 g/mol. The first-order chi connectivity index (χ1) is 17.5. The lowest BCUT2D eigenvalue weighted by Gasteiger charge is -2.31. The van der Waals surface area contributed by atoms with E-state index in [2.05, 4.69) is 21.6 Å². The van der Waals surface area contributed by atoms with Crippen molar-refractivity contribution in [3.05, 3.63) is 50.7 Å². The Morgan fingerprint density at radius 2 is 1.92 bits per heavy atom. The third-order valence-corrected chi connectivity index (χ3v) is 6.08. The molecule has 2 aromatic heterocycles. The zero-order valence-electron chi connectivity index (χ0n) is 20.2.